The fraction of sp³-hybridized carbons (Fsp3) is 0. The topological polar surface area (TPSA) is 49.9 Å². The van der Waals surface area contributed by atoms with E-state index >= 15 is 0 Å². The Morgan fingerprint density at radius 1 is 1.29 bits per heavy atom. The summed E-state index contributed by atoms with van der Waals surface area (Å²) in [6.45, 7) is 0. The Morgan fingerprint density at radius 2 is 2.21 bits per heavy atom. The minimum atomic E-state index is 0.573. The van der Waals surface area contributed by atoms with Crippen LogP contribution in [0.15, 0.2) is 41.9 Å². The van der Waals surface area contributed by atoms with E-state index in [1.165, 1.54) is 0 Å². The minimum absolute atomic E-state index is 0.573. The van der Waals surface area contributed by atoms with Crippen LogP contribution in [0.3, 0.4) is 0 Å². The van der Waals surface area contributed by atoms with E-state index in [1.807, 2.05) is 28.8 Å². The summed E-state index contributed by atoms with van der Waals surface area (Å²) in [6, 6.07) is 7.51. The van der Waals surface area contributed by atoms with Gasteiger partial charge in [-0.25, -0.2) is 4.98 Å². The molecule has 4 heteroatoms. The standard InChI is InChI=1S/C10H7N3O/c14-12-8-4-5-13-6-11-9-3-1-2-7(8)10(9)13/h1-6,14H. The molecule has 0 bridgehead atoms. The van der Waals surface area contributed by atoms with Gasteiger partial charge in [-0.2, -0.15) is 0 Å². The summed E-state index contributed by atoms with van der Waals surface area (Å²) in [4.78, 5) is 4.23. The molecule has 0 saturated heterocycles. The van der Waals surface area contributed by atoms with Crippen molar-refractivity contribution in [2.75, 3.05) is 0 Å². The van der Waals surface area contributed by atoms with Crippen molar-refractivity contribution in [3.05, 3.63) is 42.1 Å². The zero-order valence-corrected chi connectivity index (χ0v) is 7.25. The second kappa shape index (κ2) is 2.45. The highest BCUT2D eigenvalue weighted by Crippen LogP contribution is 2.15. The third-order valence-electron chi connectivity index (χ3n) is 2.37. The van der Waals surface area contributed by atoms with E-state index < -0.39 is 0 Å². The van der Waals surface area contributed by atoms with Crippen molar-refractivity contribution in [2.45, 2.75) is 0 Å². The van der Waals surface area contributed by atoms with Gasteiger partial charge in [0.05, 0.1) is 17.4 Å². The van der Waals surface area contributed by atoms with Gasteiger partial charge in [-0.3, -0.25) is 0 Å². The van der Waals surface area contributed by atoms with Crippen LogP contribution >= 0.6 is 0 Å². The van der Waals surface area contributed by atoms with Crippen molar-refractivity contribution in [1.82, 2.24) is 9.38 Å². The van der Waals surface area contributed by atoms with Crippen molar-refractivity contribution < 1.29 is 5.21 Å². The molecule has 68 valence electrons. The van der Waals surface area contributed by atoms with Crippen LogP contribution in [-0.2, 0) is 0 Å². The molecular formula is C10H7N3O. The van der Waals surface area contributed by atoms with Crippen molar-refractivity contribution >= 4 is 16.4 Å². The summed E-state index contributed by atoms with van der Waals surface area (Å²) in [5.41, 5.74) is 1.90. The highest BCUT2D eigenvalue weighted by Gasteiger charge is 2.04. The molecule has 0 spiro atoms. The molecule has 0 aliphatic carbocycles. The number of nitrogens with zero attached hydrogens (tertiary/aromatic N) is 3. The number of hydrogen-bond donors (Lipinski definition) is 1. The van der Waals surface area contributed by atoms with Crippen molar-refractivity contribution in [1.29, 1.82) is 0 Å². The van der Waals surface area contributed by atoms with Crippen LogP contribution in [-0.4, -0.2) is 14.6 Å². The van der Waals surface area contributed by atoms with E-state index in [0.717, 1.165) is 16.4 Å². The van der Waals surface area contributed by atoms with Gasteiger partial charge in [0.2, 0.25) is 0 Å². The first kappa shape index (κ1) is 7.32. The molecule has 14 heavy (non-hydrogen) atoms. The highest BCUT2D eigenvalue weighted by atomic mass is 16.4. The first-order valence-corrected chi connectivity index (χ1v) is 4.26. The predicted molar refractivity (Wildman–Crippen MR) is 51.2 cm³/mol. The van der Waals surface area contributed by atoms with Crippen LogP contribution < -0.4 is 5.36 Å². The number of para-hydroxylation sites is 1. The van der Waals surface area contributed by atoms with Crippen LogP contribution in [0.2, 0.25) is 0 Å². The lowest BCUT2D eigenvalue weighted by Crippen LogP contribution is -2.03. The molecule has 0 aliphatic heterocycles. The van der Waals surface area contributed by atoms with Crippen LogP contribution in [0.5, 0.6) is 0 Å². The van der Waals surface area contributed by atoms with Gasteiger partial charge in [0, 0.05) is 11.6 Å². The van der Waals surface area contributed by atoms with Gasteiger partial charge in [-0.15, -0.1) is 0 Å². The lowest BCUT2D eigenvalue weighted by atomic mass is 10.2. The molecular weight excluding hydrogens is 178 g/mol. The van der Waals surface area contributed by atoms with Gasteiger partial charge in [-0.05, 0) is 12.1 Å². The van der Waals surface area contributed by atoms with E-state index in [4.69, 9.17) is 5.21 Å². The number of pyridine rings is 1. The minimum Gasteiger partial charge on any atom is -0.410 e. The maximum absolute atomic E-state index is 8.81. The fourth-order valence-electron chi connectivity index (χ4n) is 1.74. The molecule has 4 nitrogen and oxygen atoms in total. The molecule has 2 aromatic heterocycles. The van der Waals surface area contributed by atoms with E-state index in [-0.39, 0.29) is 0 Å². The summed E-state index contributed by atoms with van der Waals surface area (Å²) in [7, 11) is 0. The normalized spacial score (nSPS) is 13.0. The third kappa shape index (κ3) is 0.771. The Labute approximate surface area is 79.1 Å². The van der Waals surface area contributed by atoms with Gasteiger partial charge in [0.1, 0.15) is 5.36 Å². The number of rotatable bonds is 0. The summed E-state index contributed by atoms with van der Waals surface area (Å²) in [5.74, 6) is 0. The lowest BCUT2D eigenvalue weighted by molar-refractivity contribution is 0.303. The molecule has 0 aliphatic rings. The Hall–Kier alpha value is -2.10. The van der Waals surface area contributed by atoms with Gasteiger partial charge < -0.3 is 9.61 Å². The second-order valence-corrected chi connectivity index (χ2v) is 3.13. The molecule has 0 fully saturated rings. The molecule has 0 radical (unpaired) electrons. The first-order chi connectivity index (χ1) is 6.90. The molecule has 3 rings (SSSR count). The maximum atomic E-state index is 8.81. The van der Waals surface area contributed by atoms with Gasteiger partial charge in [0.25, 0.3) is 0 Å². The Kier molecular flexibility index (Phi) is 1.28. The Morgan fingerprint density at radius 3 is 3.07 bits per heavy atom. The number of imidazole rings is 1. The van der Waals surface area contributed by atoms with Crippen LogP contribution in [0.25, 0.3) is 16.4 Å². The zero-order valence-electron chi connectivity index (χ0n) is 7.25. The summed E-state index contributed by atoms with van der Waals surface area (Å²) in [6.07, 6.45) is 3.58. The molecule has 0 amide bonds. The van der Waals surface area contributed by atoms with E-state index in [2.05, 4.69) is 10.1 Å². The van der Waals surface area contributed by atoms with E-state index in [9.17, 15) is 0 Å². The second-order valence-electron chi connectivity index (χ2n) is 3.13. The molecule has 1 aromatic carbocycles. The molecule has 3 aromatic rings. The first-order valence-electron chi connectivity index (χ1n) is 4.26. The van der Waals surface area contributed by atoms with Crippen molar-refractivity contribution in [3.63, 3.8) is 0 Å². The SMILES string of the molecule is ON=c1ccn2cnc3cccc1c32. The highest BCUT2D eigenvalue weighted by molar-refractivity contribution is 5.93. The van der Waals surface area contributed by atoms with Gasteiger partial charge in [0.15, 0.2) is 0 Å². The van der Waals surface area contributed by atoms with Crippen molar-refractivity contribution in [2.24, 2.45) is 5.16 Å². The predicted octanol–water partition coefficient (Wildman–Crippen LogP) is 1.22. The Balaban J connectivity index is 2.75. The maximum Gasteiger partial charge on any atom is 0.113 e. The molecule has 0 saturated carbocycles. The average molecular weight is 185 g/mol. The largest absolute Gasteiger partial charge is 0.410 e. The van der Waals surface area contributed by atoms with Crippen molar-refractivity contribution in [3.8, 4) is 0 Å². The van der Waals surface area contributed by atoms with E-state index in [1.54, 1.807) is 12.4 Å². The molecule has 0 atom stereocenters. The monoisotopic (exact) mass is 185 g/mol. The smallest absolute Gasteiger partial charge is 0.113 e. The molecule has 0 unspecified atom stereocenters. The fourth-order valence-corrected chi connectivity index (χ4v) is 1.74. The third-order valence-corrected chi connectivity index (χ3v) is 2.37. The molecule has 1 N–H and O–H groups in total. The van der Waals surface area contributed by atoms with Crippen LogP contribution in [0, 0.1) is 0 Å². The summed E-state index contributed by atoms with van der Waals surface area (Å²) >= 11 is 0. The quantitative estimate of drug-likeness (QED) is 0.423. The zero-order chi connectivity index (χ0) is 9.54. The van der Waals surface area contributed by atoms with Crippen LogP contribution in [0.1, 0.15) is 0 Å². The number of aromatic nitrogens is 2. The number of hydrogen-bond acceptors (Lipinski definition) is 3. The Bertz CT molecular complexity index is 641. The molecule has 2 heterocycles. The average Bonchev–Trinajstić information content (AvgIpc) is 2.65. The van der Waals surface area contributed by atoms with Gasteiger partial charge in [-0.1, -0.05) is 17.3 Å². The van der Waals surface area contributed by atoms with Gasteiger partial charge >= 0.3 is 0 Å². The number of benzene rings is 1. The lowest BCUT2D eigenvalue weighted by Gasteiger charge is -1.97. The summed E-state index contributed by atoms with van der Waals surface area (Å²) in [5, 5.41) is 13.5. The van der Waals surface area contributed by atoms with Crippen LogP contribution in [0.4, 0.5) is 0 Å². The summed E-state index contributed by atoms with van der Waals surface area (Å²) < 4.78 is 1.92. The van der Waals surface area contributed by atoms with E-state index in [0.29, 0.717) is 5.36 Å².